The van der Waals surface area contributed by atoms with Gasteiger partial charge in [-0.2, -0.15) is 0 Å². The molecule has 0 aromatic rings. The van der Waals surface area contributed by atoms with Crippen LogP contribution < -0.4 is 0 Å². The molecule has 0 aromatic heterocycles. The first-order valence-electron chi connectivity index (χ1n) is 6.07. The minimum atomic E-state index is -0.0792. The van der Waals surface area contributed by atoms with Crippen molar-refractivity contribution >= 4 is 5.97 Å². The van der Waals surface area contributed by atoms with Crippen LogP contribution >= 0.6 is 0 Å². The quantitative estimate of drug-likeness (QED) is 0.506. The van der Waals surface area contributed by atoms with Crippen molar-refractivity contribution in [3.63, 3.8) is 0 Å². The Labute approximate surface area is 97.9 Å². The van der Waals surface area contributed by atoms with Gasteiger partial charge < -0.3 is 9.47 Å². The van der Waals surface area contributed by atoms with E-state index >= 15 is 0 Å². The third-order valence-corrected chi connectivity index (χ3v) is 3.09. The number of hydrogen-bond acceptors (Lipinski definition) is 4. The van der Waals surface area contributed by atoms with Gasteiger partial charge in [-0.15, -0.1) is 0 Å². The average Bonchev–Trinajstić information content (AvgIpc) is 2.65. The van der Waals surface area contributed by atoms with E-state index in [1.54, 1.807) is 0 Å². The Morgan fingerprint density at radius 1 is 1.38 bits per heavy atom. The zero-order valence-electron chi connectivity index (χ0n) is 10.6. The van der Waals surface area contributed by atoms with Gasteiger partial charge in [-0.3, -0.25) is 9.69 Å². The van der Waals surface area contributed by atoms with E-state index in [9.17, 15) is 4.79 Å². The van der Waals surface area contributed by atoms with Crippen LogP contribution in [-0.2, 0) is 14.3 Å². The van der Waals surface area contributed by atoms with Gasteiger partial charge >= 0.3 is 5.97 Å². The van der Waals surface area contributed by atoms with Crippen molar-refractivity contribution in [3.05, 3.63) is 0 Å². The molecule has 1 aliphatic heterocycles. The Kier molecular flexibility index (Phi) is 5.77. The van der Waals surface area contributed by atoms with Crippen LogP contribution in [0.25, 0.3) is 0 Å². The van der Waals surface area contributed by atoms with Crippen molar-refractivity contribution in [2.75, 3.05) is 40.0 Å². The molecule has 94 valence electrons. The van der Waals surface area contributed by atoms with Crippen molar-refractivity contribution in [1.82, 2.24) is 4.90 Å². The van der Waals surface area contributed by atoms with E-state index in [4.69, 9.17) is 9.47 Å². The van der Waals surface area contributed by atoms with Crippen LogP contribution in [0.2, 0.25) is 0 Å². The summed E-state index contributed by atoms with van der Waals surface area (Å²) in [5, 5.41) is 0. The molecule has 0 saturated carbocycles. The summed E-state index contributed by atoms with van der Waals surface area (Å²) < 4.78 is 10.2. The number of likely N-dealkylation sites (tertiary alicyclic amines) is 1. The van der Waals surface area contributed by atoms with E-state index in [2.05, 4.69) is 18.7 Å². The van der Waals surface area contributed by atoms with Crippen LogP contribution in [0, 0.1) is 11.8 Å². The first kappa shape index (κ1) is 13.5. The summed E-state index contributed by atoms with van der Waals surface area (Å²) in [4.78, 5) is 13.7. The number of hydrogen-bond donors (Lipinski definition) is 0. The number of rotatable bonds is 6. The highest BCUT2D eigenvalue weighted by Crippen LogP contribution is 2.23. The second kappa shape index (κ2) is 6.86. The number of carbonyl (C=O) groups is 1. The van der Waals surface area contributed by atoms with Crippen LogP contribution in [0.3, 0.4) is 0 Å². The summed E-state index contributed by atoms with van der Waals surface area (Å²) in [6, 6.07) is 0. The fourth-order valence-corrected chi connectivity index (χ4v) is 2.15. The van der Waals surface area contributed by atoms with Crippen LogP contribution in [0.1, 0.15) is 20.3 Å². The monoisotopic (exact) mass is 229 g/mol. The molecule has 0 spiro atoms. The molecule has 1 saturated heterocycles. The first-order chi connectivity index (χ1) is 7.69. The van der Waals surface area contributed by atoms with E-state index in [1.165, 1.54) is 7.11 Å². The van der Waals surface area contributed by atoms with Gasteiger partial charge in [0.05, 0.1) is 19.6 Å². The molecule has 0 bridgehead atoms. The molecule has 2 unspecified atom stereocenters. The summed E-state index contributed by atoms with van der Waals surface area (Å²) >= 11 is 0. The van der Waals surface area contributed by atoms with Crippen LogP contribution in [0.4, 0.5) is 0 Å². The number of esters is 1. The molecule has 1 rings (SSSR count). The zero-order valence-corrected chi connectivity index (χ0v) is 10.6. The molecule has 0 aliphatic carbocycles. The summed E-state index contributed by atoms with van der Waals surface area (Å²) in [5.41, 5.74) is 0. The topological polar surface area (TPSA) is 38.8 Å². The molecule has 4 nitrogen and oxygen atoms in total. The van der Waals surface area contributed by atoms with E-state index in [0.29, 0.717) is 5.92 Å². The van der Waals surface area contributed by atoms with Gasteiger partial charge in [-0.05, 0) is 12.3 Å². The predicted octanol–water partition coefficient (Wildman–Crippen LogP) is 1.15. The Bertz CT molecular complexity index is 220. The van der Waals surface area contributed by atoms with E-state index in [1.807, 2.05) is 0 Å². The lowest BCUT2D eigenvalue weighted by atomic mass is 9.99. The maximum Gasteiger partial charge on any atom is 0.310 e. The number of ether oxygens (including phenoxy) is 2. The summed E-state index contributed by atoms with van der Waals surface area (Å²) in [6.07, 6.45) is 1.06. The highest BCUT2D eigenvalue weighted by Gasteiger charge is 2.35. The first-order valence-corrected chi connectivity index (χ1v) is 6.07. The van der Waals surface area contributed by atoms with E-state index in [0.717, 1.165) is 39.3 Å². The molecule has 2 atom stereocenters. The highest BCUT2D eigenvalue weighted by molar-refractivity contribution is 5.73. The maximum absolute atomic E-state index is 11.5. The molecule has 0 N–H and O–H groups in total. The Morgan fingerprint density at radius 3 is 2.75 bits per heavy atom. The van der Waals surface area contributed by atoms with E-state index in [-0.39, 0.29) is 11.9 Å². The van der Waals surface area contributed by atoms with Crippen molar-refractivity contribution in [3.8, 4) is 0 Å². The SMILES string of the molecule is CCCOCCN1CC(C)C(C(=O)OC)C1. The summed E-state index contributed by atoms with van der Waals surface area (Å²) in [6.45, 7) is 8.48. The Balaban J connectivity index is 2.24. The number of methoxy groups -OCH3 is 1. The van der Waals surface area contributed by atoms with Crippen molar-refractivity contribution in [2.45, 2.75) is 20.3 Å². The number of nitrogens with zero attached hydrogens (tertiary/aromatic N) is 1. The van der Waals surface area contributed by atoms with E-state index < -0.39 is 0 Å². The fourth-order valence-electron chi connectivity index (χ4n) is 2.15. The molecule has 1 aliphatic rings. The van der Waals surface area contributed by atoms with Gasteiger partial charge in [0.25, 0.3) is 0 Å². The normalized spacial score (nSPS) is 25.9. The van der Waals surface area contributed by atoms with Crippen molar-refractivity contribution < 1.29 is 14.3 Å². The lowest BCUT2D eigenvalue weighted by Crippen LogP contribution is -2.27. The van der Waals surface area contributed by atoms with Gasteiger partial charge in [-0.1, -0.05) is 13.8 Å². The summed E-state index contributed by atoms with van der Waals surface area (Å²) in [7, 11) is 1.46. The molecule has 1 heterocycles. The van der Waals surface area contributed by atoms with Gasteiger partial charge in [0, 0.05) is 26.2 Å². The van der Waals surface area contributed by atoms with Crippen molar-refractivity contribution in [1.29, 1.82) is 0 Å². The molecular formula is C12H23NO3. The van der Waals surface area contributed by atoms with Gasteiger partial charge in [0.15, 0.2) is 0 Å². The molecule has 0 aromatic carbocycles. The smallest absolute Gasteiger partial charge is 0.310 e. The Morgan fingerprint density at radius 2 is 2.12 bits per heavy atom. The maximum atomic E-state index is 11.5. The second-order valence-corrected chi connectivity index (χ2v) is 4.48. The molecule has 4 heteroatoms. The molecule has 0 radical (unpaired) electrons. The minimum Gasteiger partial charge on any atom is -0.469 e. The fraction of sp³-hybridized carbons (Fsp3) is 0.917. The standard InChI is InChI=1S/C12H23NO3/c1-4-6-16-7-5-13-8-10(2)11(9-13)12(14)15-3/h10-11H,4-9H2,1-3H3. The minimum absolute atomic E-state index is 0.0381. The molecule has 16 heavy (non-hydrogen) atoms. The van der Waals surface area contributed by atoms with Crippen LogP contribution in [-0.4, -0.2) is 50.8 Å². The number of carbonyl (C=O) groups excluding carboxylic acids is 1. The lowest BCUT2D eigenvalue weighted by molar-refractivity contribution is -0.146. The molecule has 1 fully saturated rings. The summed E-state index contributed by atoms with van der Waals surface area (Å²) in [5.74, 6) is 0.347. The van der Waals surface area contributed by atoms with Gasteiger partial charge in [0.1, 0.15) is 0 Å². The average molecular weight is 229 g/mol. The van der Waals surface area contributed by atoms with Crippen molar-refractivity contribution in [2.24, 2.45) is 11.8 Å². The molecular weight excluding hydrogens is 206 g/mol. The third kappa shape index (κ3) is 3.76. The Hall–Kier alpha value is -0.610. The lowest BCUT2D eigenvalue weighted by Gasteiger charge is -2.15. The molecule has 0 amide bonds. The largest absolute Gasteiger partial charge is 0.469 e. The van der Waals surface area contributed by atoms with Crippen LogP contribution in [0.15, 0.2) is 0 Å². The predicted molar refractivity (Wildman–Crippen MR) is 62.2 cm³/mol. The highest BCUT2D eigenvalue weighted by atomic mass is 16.5. The zero-order chi connectivity index (χ0) is 12.0. The third-order valence-electron chi connectivity index (χ3n) is 3.09. The second-order valence-electron chi connectivity index (χ2n) is 4.48. The van der Waals surface area contributed by atoms with Gasteiger partial charge in [-0.25, -0.2) is 0 Å². The van der Waals surface area contributed by atoms with Gasteiger partial charge in [0.2, 0.25) is 0 Å². The van der Waals surface area contributed by atoms with Crippen LogP contribution in [0.5, 0.6) is 0 Å².